The summed E-state index contributed by atoms with van der Waals surface area (Å²) in [6.07, 6.45) is 2.46. The molecule has 0 spiro atoms. The normalized spacial score (nSPS) is 19.1. The number of hydrogen-bond acceptors (Lipinski definition) is 5. The molecule has 1 aliphatic rings. The summed E-state index contributed by atoms with van der Waals surface area (Å²) in [4.78, 5) is 4.23. The molecule has 5 nitrogen and oxygen atoms in total. The van der Waals surface area contributed by atoms with Gasteiger partial charge in [0, 0.05) is 25.6 Å². The summed E-state index contributed by atoms with van der Waals surface area (Å²) >= 11 is 0. The van der Waals surface area contributed by atoms with Crippen molar-refractivity contribution in [3.63, 3.8) is 0 Å². The van der Waals surface area contributed by atoms with E-state index in [0.29, 0.717) is 12.3 Å². The largest absolute Gasteiger partial charge is 0.490 e. The van der Waals surface area contributed by atoms with Crippen LogP contribution in [0.4, 0.5) is 5.69 Å². The average Bonchev–Trinajstić information content (AvgIpc) is 2.26. The summed E-state index contributed by atoms with van der Waals surface area (Å²) in [6.45, 7) is 0.595. The SMILES string of the molecule is CO[B]NC1COc2cc(N)cnc2C1. The van der Waals surface area contributed by atoms with E-state index in [-0.39, 0.29) is 6.04 Å². The molecule has 0 amide bonds. The quantitative estimate of drug-likeness (QED) is 0.666. The molecule has 79 valence electrons. The van der Waals surface area contributed by atoms with Gasteiger partial charge in [0.05, 0.1) is 17.6 Å². The first-order chi connectivity index (χ1) is 7.29. The van der Waals surface area contributed by atoms with Gasteiger partial charge < -0.3 is 20.4 Å². The first kappa shape index (κ1) is 10.3. The number of aromatic nitrogens is 1. The number of nitrogens with one attached hydrogen (secondary N) is 1. The van der Waals surface area contributed by atoms with E-state index in [1.807, 2.05) is 0 Å². The van der Waals surface area contributed by atoms with Crippen LogP contribution < -0.4 is 15.7 Å². The molecule has 0 bridgehead atoms. The Bertz CT molecular complexity index is 348. The Morgan fingerprint density at radius 1 is 1.73 bits per heavy atom. The molecule has 1 atom stereocenters. The molecule has 3 N–H and O–H groups in total. The molecular weight excluding hydrogens is 193 g/mol. The fourth-order valence-electron chi connectivity index (χ4n) is 1.52. The molecule has 0 aliphatic carbocycles. The molecule has 6 heteroatoms. The van der Waals surface area contributed by atoms with Gasteiger partial charge in [-0.1, -0.05) is 0 Å². The predicted octanol–water partition coefficient (Wildman–Crippen LogP) is -0.263. The third kappa shape index (κ3) is 2.40. The number of hydrogen-bond donors (Lipinski definition) is 2. The standard InChI is InChI=1S/C9H13BN3O2/c1-14-10-13-7-3-8-9(15-5-7)2-6(11)4-12-8/h2,4,7,13H,3,5,11H2,1H3. The van der Waals surface area contributed by atoms with Gasteiger partial charge in [-0.15, -0.1) is 0 Å². The lowest BCUT2D eigenvalue weighted by atomic mass is 10.0. The Balaban J connectivity index is 2.03. The van der Waals surface area contributed by atoms with Crippen LogP contribution in [0.2, 0.25) is 0 Å². The minimum atomic E-state index is 0.202. The zero-order chi connectivity index (χ0) is 10.7. The zero-order valence-electron chi connectivity index (χ0n) is 8.56. The third-order valence-corrected chi connectivity index (χ3v) is 2.25. The number of anilines is 1. The first-order valence-corrected chi connectivity index (χ1v) is 4.77. The van der Waals surface area contributed by atoms with Crippen LogP contribution in [-0.4, -0.2) is 32.4 Å². The molecule has 2 rings (SSSR count). The molecule has 0 saturated carbocycles. The van der Waals surface area contributed by atoms with Crippen LogP contribution in [0.3, 0.4) is 0 Å². The predicted molar refractivity (Wildman–Crippen MR) is 57.5 cm³/mol. The van der Waals surface area contributed by atoms with Crippen molar-refractivity contribution < 1.29 is 9.39 Å². The number of pyridine rings is 1. The number of nitrogens with zero attached hydrogens (tertiary/aromatic N) is 1. The van der Waals surface area contributed by atoms with E-state index in [2.05, 4.69) is 10.2 Å². The van der Waals surface area contributed by atoms with E-state index in [9.17, 15) is 0 Å². The van der Waals surface area contributed by atoms with E-state index in [4.69, 9.17) is 15.1 Å². The van der Waals surface area contributed by atoms with E-state index < -0.39 is 0 Å². The smallest absolute Gasteiger partial charge is 0.395 e. The lowest BCUT2D eigenvalue weighted by Crippen LogP contribution is -2.42. The first-order valence-electron chi connectivity index (χ1n) is 4.77. The van der Waals surface area contributed by atoms with Crippen molar-refractivity contribution in [1.82, 2.24) is 10.2 Å². The fourth-order valence-corrected chi connectivity index (χ4v) is 1.52. The molecule has 0 fully saturated rings. The monoisotopic (exact) mass is 206 g/mol. The van der Waals surface area contributed by atoms with Crippen LogP contribution in [-0.2, 0) is 11.1 Å². The van der Waals surface area contributed by atoms with Crippen molar-refractivity contribution in [2.24, 2.45) is 0 Å². The van der Waals surface area contributed by atoms with Gasteiger partial charge in [0.15, 0.2) is 0 Å². The molecule has 1 aliphatic heterocycles. The van der Waals surface area contributed by atoms with Crippen LogP contribution in [0.5, 0.6) is 5.75 Å². The Kier molecular flexibility index (Phi) is 3.08. The van der Waals surface area contributed by atoms with Crippen LogP contribution in [0, 0.1) is 0 Å². The number of fused-ring (bicyclic) bond motifs is 1. The molecular formula is C9H13BN3O2. The highest BCUT2D eigenvalue weighted by atomic mass is 16.5. The zero-order valence-corrected chi connectivity index (χ0v) is 8.56. The summed E-state index contributed by atoms with van der Waals surface area (Å²) in [7, 11) is 3.15. The van der Waals surface area contributed by atoms with E-state index in [1.165, 1.54) is 0 Å². The maximum Gasteiger partial charge on any atom is 0.395 e. The maximum absolute atomic E-state index is 5.61. The van der Waals surface area contributed by atoms with Crippen molar-refractivity contribution >= 4 is 13.3 Å². The molecule has 0 saturated heterocycles. The lowest BCUT2D eigenvalue weighted by molar-refractivity contribution is 0.246. The number of ether oxygens (including phenoxy) is 1. The van der Waals surface area contributed by atoms with Crippen LogP contribution in [0.25, 0.3) is 0 Å². The number of nitrogen functional groups attached to an aromatic ring is 1. The van der Waals surface area contributed by atoms with Crippen molar-refractivity contribution in [1.29, 1.82) is 0 Å². The van der Waals surface area contributed by atoms with Gasteiger partial charge in [0.2, 0.25) is 0 Å². The second kappa shape index (κ2) is 4.50. The van der Waals surface area contributed by atoms with Gasteiger partial charge in [-0.05, 0) is 0 Å². The van der Waals surface area contributed by atoms with Gasteiger partial charge >= 0.3 is 7.62 Å². The van der Waals surface area contributed by atoms with Crippen LogP contribution in [0.1, 0.15) is 5.69 Å². The van der Waals surface area contributed by atoms with Crippen molar-refractivity contribution in [2.75, 3.05) is 19.5 Å². The van der Waals surface area contributed by atoms with Gasteiger partial charge in [-0.25, -0.2) is 0 Å². The summed E-state index contributed by atoms with van der Waals surface area (Å²) < 4.78 is 10.4. The fraction of sp³-hybridized carbons (Fsp3) is 0.444. The van der Waals surface area contributed by atoms with Crippen molar-refractivity contribution in [3.05, 3.63) is 18.0 Å². The Hall–Kier alpha value is -1.27. The average molecular weight is 206 g/mol. The van der Waals surface area contributed by atoms with Crippen LogP contribution >= 0.6 is 0 Å². The minimum absolute atomic E-state index is 0.202. The molecule has 15 heavy (non-hydrogen) atoms. The minimum Gasteiger partial charge on any atom is -0.490 e. The van der Waals surface area contributed by atoms with E-state index in [0.717, 1.165) is 17.9 Å². The van der Waals surface area contributed by atoms with Crippen LogP contribution in [0.15, 0.2) is 12.3 Å². The molecule has 1 radical (unpaired) electrons. The summed E-state index contributed by atoms with van der Waals surface area (Å²) in [6, 6.07) is 2.01. The highest BCUT2D eigenvalue weighted by Gasteiger charge is 2.20. The van der Waals surface area contributed by atoms with Gasteiger partial charge in [-0.2, -0.15) is 0 Å². The highest BCUT2D eigenvalue weighted by molar-refractivity contribution is 6.23. The number of rotatable bonds is 3. The molecule has 1 aromatic heterocycles. The van der Waals surface area contributed by atoms with Gasteiger partial charge in [0.1, 0.15) is 12.4 Å². The Morgan fingerprint density at radius 2 is 2.60 bits per heavy atom. The summed E-state index contributed by atoms with van der Waals surface area (Å²) in [5, 5.41) is 3.08. The molecule has 2 heterocycles. The molecule has 0 aromatic carbocycles. The van der Waals surface area contributed by atoms with E-state index in [1.54, 1.807) is 27.0 Å². The molecule has 1 unspecified atom stereocenters. The molecule has 1 aromatic rings. The second-order valence-corrected chi connectivity index (χ2v) is 3.45. The van der Waals surface area contributed by atoms with Crippen molar-refractivity contribution in [2.45, 2.75) is 12.5 Å². The summed E-state index contributed by atoms with van der Waals surface area (Å²) in [5.41, 5.74) is 7.17. The topological polar surface area (TPSA) is 69.4 Å². The Morgan fingerprint density at radius 3 is 3.40 bits per heavy atom. The third-order valence-electron chi connectivity index (χ3n) is 2.25. The second-order valence-electron chi connectivity index (χ2n) is 3.45. The lowest BCUT2D eigenvalue weighted by Gasteiger charge is -2.24. The van der Waals surface area contributed by atoms with Gasteiger partial charge in [-0.3, -0.25) is 4.98 Å². The number of nitrogens with two attached hydrogens (primary N) is 1. The van der Waals surface area contributed by atoms with E-state index >= 15 is 0 Å². The Labute approximate surface area is 89.3 Å². The van der Waals surface area contributed by atoms with Crippen molar-refractivity contribution in [3.8, 4) is 5.75 Å². The maximum atomic E-state index is 5.61. The highest BCUT2D eigenvalue weighted by Crippen LogP contribution is 2.24. The van der Waals surface area contributed by atoms with Gasteiger partial charge in [0.25, 0.3) is 0 Å². The summed E-state index contributed by atoms with van der Waals surface area (Å²) in [5.74, 6) is 0.783.